The van der Waals surface area contributed by atoms with E-state index in [1.165, 1.54) is 0 Å². The Labute approximate surface area is 114 Å². The summed E-state index contributed by atoms with van der Waals surface area (Å²) in [4.78, 5) is 16.1. The fourth-order valence-electron chi connectivity index (χ4n) is 1.43. The van der Waals surface area contributed by atoms with Crippen LogP contribution in [0.4, 0.5) is 0 Å². The molecule has 18 heavy (non-hydrogen) atoms. The molecule has 1 heterocycles. The van der Waals surface area contributed by atoms with Gasteiger partial charge in [-0.15, -0.1) is 0 Å². The number of ether oxygens (including phenoxy) is 1. The summed E-state index contributed by atoms with van der Waals surface area (Å²) in [7, 11) is 0. The second kappa shape index (κ2) is 6.74. The Morgan fingerprint density at radius 3 is 2.61 bits per heavy atom. The first-order chi connectivity index (χ1) is 8.43. The number of hydrogen-bond donors (Lipinski definition) is 0. The molecule has 1 aromatic heterocycles. The monoisotopic (exact) mass is 269 g/mol. The van der Waals surface area contributed by atoms with Crippen LogP contribution >= 0.6 is 11.6 Å². The molecule has 0 saturated carbocycles. The Morgan fingerprint density at radius 1 is 1.39 bits per heavy atom. The zero-order chi connectivity index (χ0) is 13.7. The number of aryl methyl sites for hydroxylation is 1. The SMILES string of the molecule is CCCc1cc(C(=O)OC(C)C(C)C)cc(Cl)n1. The predicted molar refractivity (Wildman–Crippen MR) is 73.0 cm³/mol. The zero-order valence-electron chi connectivity index (χ0n) is 11.4. The molecule has 4 heteroatoms. The molecule has 1 aromatic rings. The normalized spacial score (nSPS) is 12.6. The molecule has 1 unspecified atom stereocenters. The van der Waals surface area contributed by atoms with Gasteiger partial charge in [-0.05, 0) is 31.4 Å². The lowest BCUT2D eigenvalue weighted by molar-refractivity contribution is 0.0237. The average Bonchev–Trinajstić information content (AvgIpc) is 2.28. The van der Waals surface area contributed by atoms with Crippen molar-refractivity contribution in [3.63, 3.8) is 0 Å². The summed E-state index contributed by atoms with van der Waals surface area (Å²) in [6, 6.07) is 3.31. The van der Waals surface area contributed by atoms with Gasteiger partial charge < -0.3 is 4.74 Å². The van der Waals surface area contributed by atoms with Crippen LogP contribution in [0.2, 0.25) is 5.15 Å². The van der Waals surface area contributed by atoms with Gasteiger partial charge in [-0.25, -0.2) is 9.78 Å². The van der Waals surface area contributed by atoms with Crippen LogP contribution < -0.4 is 0 Å². The van der Waals surface area contributed by atoms with Crippen LogP contribution in [0.15, 0.2) is 12.1 Å². The van der Waals surface area contributed by atoms with Crippen molar-refractivity contribution in [3.8, 4) is 0 Å². The second-order valence-corrected chi connectivity index (χ2v) is 5.16. The van der Waals surface area contributed by atoms with Crippen LogP contribution in [0.5, 0.6) is 0 Å². The molecule has 0 spiro atoms. The van der Waals surface area contributed by atoms with E-state index in [9.17, 15) is 4.79 Å². The standard InChI is InChI=1S/C14H20ClNO2/c1-5-6-12-7-11(8-13(15)16-12)14(17)18-10(4)9(2)3/h7-10H,5-6H2,1-4H3. The van der Waals surface area contributed by atoms with Gasteiger partial charge in [0.25, 0.3) is 0 Å². The Hall–Kier alpha value is -1.09. The molecule has 1 atom stereocenters. The van der Waals surface area contributed by atoms with Crippen molar-refractivity contribution in [1.82, 2.24) is 4.98 Å². The minimum Gasteiger partial charge on any atom is -0.459 e. The van der Waals surface area contributed by atoms with Gasteiger partial charge in [0.15, 0.2) is 0 Å². The molecule has 0 aliphatic heterocycles. The number of halogens is 1. The summed E-state index contributed by atoms with van der Waals surface area (Å²) in [6.45, 7) is 7.97. The molecule has 3 nitrogen and oxygen atoms in total. The van der Waals surface area contributed by atoms with Gasteiger partial charge in [-0.1, -0.05) is 38.8 Å². The Kier molecular flexibility index (Phi) is 5.60. The van der Waals surface area contributed by atoms with E-state index in [2.05, 4.69) is 11.9 Å². The molecule has 1 rings (SSSR count). The Morgan fingerprint density at radius 2 is 2.06 bits per heavy atom. The molecule has 0 bridgehead atoms. The highest BCUT2D eigenvalue weighted by Crippen LogP contribution is 2.15. The predicted octanol–water partition coefficient (Wildman–Crippen LogP) is 3.89. The number of rotatable bonds is 5. The third-order valence-electron chi connectivity index (χ3n) is 2.82. The lowest BCUT2D eigenvalue weighted by Gasteiger charge is -2.16. The molecule has 0 aliphatic rings. The van der Waals surface area contributed by atoms with Gasteiger partial charge in [0.1, 0.15) is 11.3 Å². The fourth-order valence-corrected chi connectivity index (χ4v) is 1.65. The highest BCUT2D eigenvalue weighted by atomic mass is 35.5. The average molecular weight is 270 g/mol. The summed E-state index contributed by atoms with van der Waals surface area (Å²) < 4.78 is 5.36. The van der Waals surface area contributed by atoms with Gasteiger partial charge in [-0.2, -0.15) is 0 Å². The quantitative estimate of drug-likeness (QED) is 0.601. The van der Waals surface area contributed by atoms with Crippen LogP contribution in [0.25, 0.3) is 0 Å². The second-order valence-electron chi connectivity index (χ2n) is 4.77. The lowest BCUT2D eigenvalue weighted by atomic mass is 10.1. The molecule has 100 valence electrons. The maximum atomic E-state index is 12.0. The van der Waals surface area contributed by atoms with E-state index in [0.717, 1.165) is 18.5 Å². The van der Waals surface area contributed by atoms with E-state index in [1.54, 1.807) is 12.1 Å². The molecular formula is C14H20ClNO2. The molecule has 0 saturated heterocycles. The number of esters is 1. The lowest BCUT2D eigenvalue weighted by Crippen LogP contribution is -2.20. The largest absolute Gasteiger partial charge is 0.459 e. The van der Waals surface area contributed by atoms with Gasteiger partial charge in [0.05, 0.1) is 5.56 Å². The molecule has 0 fully saturated rings. The smallest absolute Gasteiger partial charge is 0.338 e. The first kappa shape index (κ1) is 15.0. The van der Waals surface area contributed by atoms with Gasteiger partial charge in [0, 0.05) is 5.69 Å². The van der Waals surface area contributed by atoms with E-state index in [0.29, 0.717) is 16.6 Å². The Balaban J connectivity index is 2.85. The van der Waals surface area contributed by atoms with E-state index in [1.807, 2.05) is 20.8 Å². The summed E-state index contributed by atoms with van der Waals surface area (Å²) >= 11 is 5.91. The van der Waals surface area contributed by atoms with E-state index >= 15 is 0 Å². The molecule has 0 amide bonds. The molecule has 0 aromatic carbocycles. The summed E-state index contributed by atoms with van der Waals surface area (Å²) in [5.41, 5.74) is 1.31. The van der Waals surface area contributed by atoms with Crippen LogP contribution in [0.1, 0.15) is 50.2 Å². The number of carbonyl (C=O) groups excluding carboxylic acids is 1. The van der Waals surface area contributed by atoms with Crippen molar-refractivity contribution in [1.29, 1.82) is 0 Å². The minimum atomic E-state index is -0.335. The van der Waals surface area contributed by atoms with Crippen LogP contribution in [-0.4, -0.2) is 17.1 Å². The first-order valence-corrected chi connectivity index (χ1v) is 6.69. The number of carbonyl (C=O) groups is 1. The first-order valence-electron chi connectivity index (χ1n) is 6.31. The third-order valence-corrected chi connectivity index (χ3v) is 3.01. The van der Waals surface area contributed by atoms with Crippen molar-refractivity contribution in [2.24, 2.45) is 5.92 Å². The maximum absolute atomic E-state index is 12.0. The summed E-state index contributed by atoms with van der Waals surface area (Å²) in [5.74, 6) is -0.0424. The number of hydrogen-bond acceptors (Lipinski definition) is 3. The Bertz CT molecular complexity index is 418. The van der Waals surface area contributed by atoms with Gasteiger partial charge in [-0.3, -0.25) is 0 Å². The van der Waals surface area contributed by atoms with Gasteiger partial charge >= 0.3 is 5.97 Å². The van der Waals surface area contributed by atoms with Crippen LogP contribution in [-0.2, 0) is 11.2 Å². The van der Waals surface area contributed by atoms with Crippen molar-refractivity contribution < 1.29 is 9.53 Å². The van der Waals surface area contributed by atoms with Crippen molar-refractivity contribution in [2.75, 3.05) is 0 Å². The maximum Gasteiger partial charge on any atom is 0.338 e. The summed E-state index contributed by atoms with van der Waals surface area (Å²) in [5, 5.41) is 0.338. The highest BCUT2D eigenvalue weighted by molar-refractivity contribution is 6.29. The topological polar surface area (TPSA) is 39.2 Å². The molecular weight excluding hydrogens is 250 g/mol. The third kappa shape index (κ3) is 4.30. The van der Waals surface area contributed by atoms with E-state index < -0.39 is 0 Å². The van der Waals surface area contributed by atoms with Crippen molar-refractivity contribution in [2.45, 2.75) is 46.6 Å². The van der Waals surface area contributed by atoms with E-state index in [-0.39, 0.29) is 12.1 Å². The van der Waals surface area contributed by atoms with Gasteiger partial charge in [0.2, 0.25) is 0 Å². The summed E-state index contributed by atoms with van der Waals surface area (Å²) in [6.07, 6.45) is 1.66. The highest BCUT2D eigenvalue weighted by Gasteiger charge is 2.16. The van der Waals surface area contributed by atoms with Crippen molar-refractivity contribution >= 4 is 17.6 Å². The fraction of sp³-hybridized carbons (Fsp3) is 0.571. The van der Waals surface area contributed by atoms with Crippen LogP contribution in [0.3, 0.4) is 0 Å². The number of aromatic nitrogens is 1. The molecule has 0 N–H and O–H groups in total. The molecule has 0 radical (unpaired) electrons. The zero-order valence-corrected chi connectivity index (χ0v) is 12.1. The minimum absolute atomic E-state index is 0.112. The van der Waals surface area contributed by atoms with E-state index in [4.69, 9.17) is 16.3 Å². The number of nitrogens with zero attached hydrogens (tertiary/aromatic N) is 1. The number of pyridine rings is 1. The molecule has 0 aliphatic carbocycles. The van der Waals surface area contributed by atoms with Crippen molar-refractivity contribution in [3.05, 3.63) is 28.5 Å². The van der Waals surface area contributed by atoms with Crippen LogP contribution in [0, 0.1) is 5.92 Å².